The van der Waals surface area contributed by atoms with Crippen LogP contribution in [0.3, 0.4) is 0 Å². The van der Waals surface area contributed by atoms with Gasteiger partial charge in [0, 0.05) is 6.20 Å². The van der Waals surface area contributed by atoms with Crippen molar-refractivity contribution in [3.8, 4) is 0 Å². The summed E-state index contributed by atoms with van der Waals surface area (Å²) in [5.41, 5.74) is 6.89. The highest BCUT2D eigenvalue weighted by molar-refractivity contribution is 5.91. The minimum Gasteiger partial charge on any atom is -0.370 e. The number of aromatic nitrogens is 1. The number of aliphatic imine (C=N–C) groups is 1. The van der Waals surface area contributed by atoms with Crippen LogP contribution in [0.2, 0.25) is 0 Å². The highest BCUT2D eigenvalue weighted by Gasteiger charge is 1.92. The molecule has 0 aromatic carbocycles. The molecule has 0 radical (unpaired) electrons. The molecule has 0 fully saturated rings. The fourth-order valence-electron chi connectivity index (χ4n) is 0.934. The van der Waals surface area contributed by atoms with Gasteiger partial charge in [-0.3, -0.25) is 0 Å². The van der Waals surface area contributed by atoms with E-state index in [-0.39, 0.29) is 0 Å². The van der Waals surface area contributed by atoms with Gasteiger partial charge < -0.3 is 11.1 Å². The third-order valence-electron chi connectivity index (χ3n) is 1.68. The van der Waals surface area contributed by atoms with Crippen LogP contribution in [0.1, 0.15) is 13.8 Å². The van der Waals surface area contributed by atoms with E-state index in [0.717, 1.165) is 0 Å². The normalized spacial score (nSPS) is 10.9. The number of hydrogen-bond donors (Lipinski definition) is 2. The molecule has 0 aliphatic rings. The first-order valence-electron chi connectivity index (χ1n) is 4.80. The van der Waals surface area contributed by atoms with Crippen molar-refractivity contribution in [2.45, 2.75) is 13.8 Å². The second-order valence-electron chi connectivity index (χ2n) is 3.35. The van der Waals surface area contributed by atoms with Gasteiger partial charge >= 0.3 is 0 Å². The van der Waals surface area contributed by atoms with Crippen LogP contribution in [0, 0.1) is 0 Å². The summed E-state index contributed by atoms with van der Waals surface area (Å²) in [7, 11) is 0. The first-order valence-corrected chi connectivity index (χ1v) is 4.80. The quantitative estimate of drug-likeness (QED) is 0.448. The van der Waals surface area contributed by atoms with E-state index in [2.05, 4.69) is 15.3 Å². The maximum Gasteiger partial charge on any atom is 0.194 e. The highest BCUT2D eigenvalue weighted by Crippen LogP contribution is 1.98. The van der Waals surface area contributed by atoms with Crippen LogP contribution in [0.5, 0.6) is 0 Å². The Morgan fingerprint density at radius 3 is 2.93 bits per heavy atom. The molecule has 0 saturated carbocycles. The molecule has 0 spiro atoms. The summed E-state index contributed by atoms with van der Waals surface area (Å²) < 4.78 is 0. The lowest BCUT2D eigenvalue weighted by molar-refractivity contribution is 1.18. The van der Waals surface area contributed by atoms with Gasteiger partial charge in [0.1, 0.15) is 5.82 Å². The van der Waals surface area contributed by atoms with Gasteiger partial charge in [-0.05, 0) is 26.0 Å². The number of anilines is 1. The molecule has 3 N–H and O–H groups in total. The van der Waals surface area contributed by atoms with Crippen molar-refractivity contribution in [3.05, 3.63) is 36.0 Å². The number of nitrogens with one attached hydrogen (secondary N) is 1. The van der Waals surface area contributed by atoms with Crippen LogP contribution < -0.4 is 11.1 Å². The maximum atomic E-state index is 5.66. The van der Waals surface area contributed by atoms with Crippen LogP contribution in [0.25, 0.3) is 0 Å². The van der Waals surface area contributed by atoms with E-state index in [0.29, 0.717) is 18.3 Å². The summed E-state index contributed by atoms with van der Waals surface area (Å²) in [6, 6.07) is 5.57. The summed E-state index contributed by atoms with van der Waals surface area (Å²) in [6.45, 7) is 4.64. The fraction of sp³-hybridized carbons (Fsp3) is 0.273. The van der Waals surface area contributed by atoms with E-state index in [9.17, 15) is 0 Å². The maximum absolute atomic E-state index is 5.66. The lowest BCUT2D eigenvalue weighted by atomic mass is 10.3. The number of rotatable bonds is 3. The number of allylic oxidation sites excluding steroid dienone is 1. The van der Waals surface area contributed by atoms with Crippen LogP contribution in [0.4, 0.5) is 5.82 Å². The summed E-state index contributed by atoms with van der Waals surface area (Å²) in [6.07, 6.45) is 3.71. The molecule has 0 bridgehead atoms. The van der Waals surface area contributed by atoms with Crippen molar-refractivity contribution >= 4 is 11.8 Å². The fourth-order valence-corrected chi connectivity index (χ4v) is 0.934. The number of pyridine rings is 1. The molecule has 1 rings (SSSR count). The number of guanidine groups is 1. The molecular formula is C11H16N4. The Morgan fingerprint density at radius 1 is 1.53 bits per heavy atom. The summed E-state index contributed by atoms with van der Waals surface area (Å²) >= 11 is 0. The minimum atomic E-state index is 0.381. The second-order valence-corrected chi connectivity index (χ2v) is 3.35. The second kappa shape index (κ2) is 5.80. The monoisotopic (exact) mass is 204 g/mol. The average Bonchev–Trinajstić information content (AvgIpc) is 2.18. The lowest BCUT2D eigenvalue weighted by Crippen LogP contribution is -2.23. The molecule has 4 heteroatoms. The Kier molecular flexibility index (Phi) is 4.34. The molecule has 0 aliphatic carbocycles. The van der Waals surface area contributed by atoms with Gasteiger partial charge in [0.25, 0.3) is 0 Å². The van der Waals surface area contributed by atoms with E-state index < -0.39 is 0 Å². The predicted octanol–water partition coefficient (Wildman–Crippen LogP) is 1.77. The standard InChI is InChI=1S/C11H16N4/c1-9(2)6-8-14-11(12)15-10-5-3-4-7-13-10/h3-7H,8H2,1-2H3,(H3,12,13,14,15). The Hall–Kier alpha value is -1.84. The Bertz CT molecular complexity index is 350. The smallest absolute Gasteiger partial charge is 0.194 e. The first-order chi connectivity index (χ1) is 7.18. The van der Waals surface area contributed by atoms with Crippen LogP contribution in [-0.2, 0) is 0 Å². The van der Waals surface area contributed by atoms with E-state index >= 15 is 0 Å². The van der Waals surface area contributed by atoms with E-state index in [4.69, 9.17) is 5.73 Å². The van der Waals surface area contributed by atoms with Gasteiger partial charge in [-0.15, -0.1) is 0 Å². The van der Waals surface area contributed by atoms with Gasteiger partial charge in [0.2, 0.25) is 0 Å². The molecule has 0 saturated heterocycles. The predicted molar refractivity (Wildman–Crippen MR) is 63.8 cm³/mol. The van der Waals surface area contributed by atoms with Gasteiger partial charge in [0.05, 0.1) is 6.54 Å². The Morgan fingerprint density at radius 2 is 2.33 bits per heavy atom. The molecule has 0 aliphatic heterocycles. The zero-order chi connectivity index (χ0) is 11.1. The van der Waals surface area contributed by atoms with Crippen molar-refractivity contribution in [3.63, 3.8) is 0 Å². The lowest BCUT2D eigenvalue weighted by Gasteiger charge is -2.02. The van der Waals surface area contributed by atoms with E-state index in [1.807, 2.05) is 38.1 Å². The van der Waals surface area contributed by atoms with Crippen LogP contribution in [0.15, 0.2) is 41.0 Å². The van der Waals surface area contributed by atoms with Crippen molar-refractivity contribution in [2.75, 3.05) is 11.9 Å². The minimum absolute atomic E-state index is 0.381. The third-order valence-corrected chi connectivity index (χ3v) is 1.68. The SMILES string of the molecule is CC(C)=CCN=C(N)Nc1ccccn1. The van der Waals surface area contributed by atoms with Crippen molar-refractivity contribution in [1.82, 2.24) is 4.98 Å². The van der Waals surface area contributed by atoms with Gasteiger partial charge in [0.15, 0.2) is 5.96 Å². The molecular weight excluding hydrogens is 188 g/mol. The third kappa shape index (κ3) is 4.81. The van der Waals surface area contributed by atoms with E-state index in [1.165, 1.54) is 5.57 Å². The molecule has 1 aromatic rings. The number of hydrogen-bond acceptors (Lipinski definition) is 2. The van der Waals surface area contributed by atoms with Crippen LogP contribution >= 0.6 is 0 Å². The van der Waals surface area contributed by atoms with E-state index in [1.54, 1.807) is 6.20 Å². The van der Waals surface area contributed by atoms with Gasteiger partial charge in [-0.1, -0.05) is 17.7 Å². The van der Waals surface area contributed by atoms with Crippen LogP contribution in [-0.4, -0.2) is 17.5 Å². The molecule has 0 atom stereocenters. The molecule has 15 heavy (non-hydrogen) atoms. The van der Waals surface area contributed by atoms with Gasteiger partial charge in [-0.2, -0.15) is 0 Å². The van der Waals surface area contributed by atoms with Crippen molar-refractivity contribution in [2.24, 2.45) is 10.7 Å². The first kappa shape index (κ1) is 11.2. The molecule has 80 valence electrons. The largest absolute Gasteiger partial charge is 0.370 e. The molecule has 1 heterocycles. The molecule has 0 amide bonds. The summed E-state index contributed by atoms with van der Waals surface area (Å²) in [5.74, 6) is 1.09. The zero-order valence-corrected chi connectivity index (χ0v) is 9.07. The summed E-state index contributed by atoms with van der Waals surface area (Å²) in [5, 5.41) is 2.90. The molecule has 0 unspecified atom stereocenters. The van der Waals surface area contributed by atoms with Gasteiger partial charge in [-0.25, -0.2) is 9.98 Å². The number of nitrogens with zero attached hydrogens (tertiary/aromatic N) is 2. The highest BCUT2D eigenvalue weighted by atomic mass is 15.1. The van der Waals surface area contributed by atoms with Crippen molar-refractivity contribution < 1.29 is 0 Å². The zero-order valence-electron chi connectivity index (χ0n) is 9.07. The summed E-state index contributed by atoms with van der Waals surface area (Å²) in [4.78, 5) is 8.20. The number of nitrogens with two attached hydrogens (primary N) is 1. The molecule has 4 nitrogen and oxygen atoms in total. The Labute approximate surface area is 89.9 Å². The average molecular weight is 204 g/mol. The topological polar surface area (TPSA) is 63.3 Å². The Balaban J connectivity index is 2.49. The molecule has 1 aromatic heterocycles. The van der Waals surface area contributed by atoms with Crippen molar-refractivity contribution in [1.29, 1.82) is 0 Å².